The molecule has 0 aliphatic heterocycles. The van der Waals surface area contributed by atoms with E-state index in [0.29, 0.717) is 28.4 Å². The van der Waals surface area contributed by atoms with E-state index in [9.17, 15) is 10.1 Å². The lowest BCUT2D eigenvalue weighted by atomic mass is 9.96. The number of carbonyl (C=O) groups is 1. The van der Waals surface area contributed by atoms with Gasteiger partial charge in [-0.05, 0) is 61.9 Å². The Hall–Kier alpha value is -3.69. The zero-order valence-corrected chi connectivity index (χ0v) is 19.9. The second-order valence-corrected chi connectivity index (χ2v) is 9.53. The zero-order valence-electron chi connectivity index (χ0n) is 19.1. The summed E-state index contributed by atoms with van der Waals surface area (Å²) in [6.45, 7) is 2.72. The molecule has 0 spiro atoms. The summed E-state index contributed by atoms with van der Waals surface area (Å²) in [6.07, 6.45) is 5.03. The molecule has 2 aromatic carbocycles. The van der Waals surface area contributed by atoms with Crippen molar-refractivity contribution in [2.24, 2.45) is 0 Å². The number of ether oxygens (including phenoxy) is 1. The summed E-state index contributed by atoms with van der Waals surface area (Å²) in [7, 11) is 0. The maximum absolute atomic E-state index is 13.5. The molecule has 5 rings (SSSR count). The maximum Gasteiger partial charge on any atom is 0.257 e. The highest BCUT2D eigenvalue weighted by Crippen LogP contribution is 2.38. The van der Waals surface area contributed by atoms with Crippen LogP contribution in [-0.2, 0) is 12.8 Å². The number of carbonyl (C=O) groups excluding carboxylic acids is 1. The SMILES string of the molecule is CCCOc1cccc(-c2cc(C(=O)Nc3sc4c(c3C#N)CCCC4)c3ccccc3n2)c1. The Morgan fingerprint density at radius 3 is 2.85 bits per heavy atom. The smallest absolute Gasteiger partial charge is 0.257 e. The van der Waals surface area contributed by atoms with Crippen LogP contribution in [0.2, 0.25) is 0 Å². The fourth-order valence-corrected chi connectivity index (χ4v) is 5.65. The zero-order chi connectivity index (χ0) is 23.5. The molecule has 0 saturated carbocycles. The Morgan fingerprint density at radius 2 is 2.00 bits per heavy atom. The average molecular weight is 468 g/mol. The minimum atomic E-state index is -0.228. The van der Waals surface area contributed by atoms with Gasteiger partial charge in [0.05, 0.1) is 28.9 Å². The van der Waals surface area contributed by atoms with Gasteiger partial charge in [-0.1, -0.05) is 37.3 Å². The first-order chi connectivity index (χ1) is 16.7. The van der Waals surface area contributed by atoms with E-state index < -0.39 is 0 Å². The van der Waals surface area contributed by atoms with Gasteiger partial charge in [-0.25, -0.2) is 4.98 Å². The summed E-state index contributed by atoms with van der Waals surface area (Å²) >= 11 is 1.54. The van der Waals surface area contributed by atoms with Crippen molar-refractivity contribution in [3.8, 4) is 23.1 Å². The van der Waals surface area contributed by atoms with Gasteiger partial charge in [-0.15, -0.1) is 11.3 Å². The number of anilines is 1. The van der Waals surface area contributed by atoms with Gasteiger partial charge >= 0.3 is 0 Å². The molecular formula is C28H25N3O2S. The molecule has 0 unspecified atom stereocenters. The number of hydrogen-bond donors (Lipinski definition) is 1. The molecule has 0 fully saturated rings. The number of thiophene rings is 1. The van der Waals surface area contributed by atoms with Crippen LogP contribution < -0.4 is 10.1 Å². The first-order valence-corrected chi connectivity index (χ1v) is 12.5. The van der Waals surface area contributed by atoms with Crippen LogP contribution in [0.1, 0.15) is 52.5 Å². The van der Waals surface area contributed by atoms with Crippen LogP contribution in [0.5, 0.6) is 5.75 Å². The Kier molecular flexibility index (Phi) is 6.29. The second kappa shape index (κ2) is 9.66. The molecule has 0 saturated heterocycles. The van der Waals surface area contributed by atoms with Crippen LogP contribution in [0.15, 0.2) is 54.6 Å². The van der Waals surface area contributed by atoms with Crippen LogP contribution in [0, 0.1) is 11.3 Å². The van der Waals surface area contributed by atoms with Crippen molar-refractivity contribution in [1.82, 2.24) is 4.98 Å². The Morgan fingerprint density at radius 1 is 1.15 bits per heavy atom. The number of pyridine rings is 1. The third-order valence-electron chi connectivity index (χ3n) is 6.07. The summed E-state index contributed by atoms with van der Waals surface area (Å²) in [5.74, 6) is 0.552. The number of benzene rings is 2. The Bertz CT molecular complexity index is 1420. The highest BCUT2D eigenvalue weighted by molar-refractivity contribution is 7.16. The predicted octanol–water partition coefficient (Wildman–Crippen LogP) is 6.75. The van der Waals surface area contributed by atoms with Gasteiger partial charge in [-0.2, -0.15) is 5.26 Å². The minimum Gasteiger partial charge on any atom is -0.494 e. The summed E-state index contributed by atoms with van der Waals surface area (Å²) in [5, 5.41) is 14.3. The summed E-state index contributed by atoms with van der Waals surface area (Å²) < 4.78 is 5.79. The highest BCUT2D eigenvalue weighted by atomic mass is 32.1. The van der Waals surface area contributed by atoms with Crippen molar-refractivity contribution in [2.45, 2.75) is 39.0 Å². The number of aryl methyl sites for hydroxylation is 1. The van der Waals surface area contributed by atoms with Crippen LogP contribution in [0.4, 0.5) is 5.00 Å². The van der Waals surface area contributed by atoms with Crippen molar-refractivity contribution >= 4 is 33.1 Å². The maximum atomic E-state index is 13.5. The quantitative estimate of drug-likeness (QED) is 0.340. The normalized spacial score (nSPS) is 12.7. The van der Waals surface area contributed by atoms with E-state index in [1.54, 1.807) is 0 Å². The number of para-hydroxylation sites is 1. The molecule has 2 heterocycles. The number of nitrogens with zero attached hydrogens (tertiary/aromatic N) is 2. The van der Waals surface area contributed by atoms with E-state index in [2.05, 4.69) is 18.3 Å². The standard InChI is InChI=1S/C28H25N3O2S/c1-2-14-33-19-9-7-8-18(15-19)25-16-22(20-10-3-5-12-24(20)30-25)27(32)31-28-23(17-29)21-11-4-6-13-26(21)34-28/h3,5,7-10,12,15-16H,2,4,6,11,13-14H2,1H3,(H,31,32). The van der Waals surface area contributed by atoms with Gasteiger partial charge in [0.1, 0.15) is 16.8 Å². The molecule has 1 N–H and O–H groups in total. The molecule has 0 bridgehead atoms. The number of hydrogen-bond acceptors (Lipinski definition) is 5. The van der Waals surface area contributed by atoms with Gasteiger partial charge in [0.2, 0.25) is 0 Å². The van der Waals surface area contributed by atoms with Gasteiger partial charge in [0, 0.05) is 15.8 Å². The van der Waals surface area contributed by atoms with E-state index in [1.165, 1.54) is 16.2 Å². The molecule has 1 aliphatic rings. The third kappa shape index (κ3) is 4.27. The fraction of sp³-hybridized carbons (Fsp3) is 0.250. The number of fused-ring (bicyclic) bond motifs is 2. The van der Waals surface area contributed by atoms with Crippen molar-refractivity contribution in [1.29, 1.82) is 5.26 Å². The molecule has 34 heavy (non-hydrogen) atoms. The van der Waals surface area contributed by atoms with Crippen molar-refractivity contribution in [3.05, 3.63) is 76.2 Å². The molecule has 4 aromatic rings. The molecular weight excluding hydrogens is 442 g/mol. The monoisotopic (exact) mass is 467 g/mol. The van der Waals surface area contributed by atoms with Crippen molar-refractivity contribution in [2.75, 3.05) is 11.9 Å². The topological polar surface area (TPSA) is 75.0 Å². The molecule has 2 aromatic heterocycles. The third-order valence-corrected chi connectivity index (χ3v) is 7.28. The average Bonchev–Trinajstić information content (AvgIpc) is 3.23. The molecule has 1 aliphatic carbocycles. The predicted molar refractivity (Wildman–Crippen MR) is 137 cm³/mol. The minimum absolute atomic E-state index is 0.228. The van der Waals surface area contributed by atoms with Gasteiger partial charge in [0.25, 0.3) is 5.91 Å². The molecule has 0 atom stereocenters. The van der Waals surface area contributed by atoms with E-state index in [4.69, 9.17) is 9.72 Å². The van der Waals surface area contributed by atoms with Crippen LogP contribution in [-0.4, -0.2) is 17.5 Å². The lowest BCUT2D eigenvalue weighted by molar-refractivity contribution is 0.102. The van der Waals surface area contributed by atoms with Gasteiger partial charge < -0.3 is 10.1 Å². The summed E-state index contributed by atoms with van der Waals surface area (Å²) in [6, 6.07) is 19.6. The summed E-state index contributed by atoms with van der Waals surface area (Å²) in [5.41, 5.74) is 4.60. The Balaban J connectivity index is 1.54. The number of amides is 1. The fourth-order valence-electron chi connectivity index (χ4n) is 4.42. The molecule has 1 amide bonds. The van der Waals surface area contributed by atoms with Crippen LogP contribution in [0.3, 0.4) is 0 Å². The lowest BCUT2D eigenvalue weighted by Gasteiger charge is -2.11. The van der Waals surface area contributed by atoms with Crippen molar-refractivity contribution in [3.63, 3.8) is 0 Å². The van der Waals surface area contributed by atoms with E-state index in [0.717, 1.165) is 59.9 Å². The van der Waals surface area contributed by atoms with Crippen LogP contribution >= 0.6 is 11.3 Å². The number of rotatable bonds is 6. The number of nitrogens with one attached hydrogen (secondary N) is 1. The lowest BCUT2D eigenvalue weighted by Crippen LogP contribution is -2.13. The largest absolute Gasteiger partial charge is 0.494 e. The van der Waals surface area contributed by atoms with Crippen molar-refractivity contribution < 1.29 is 9.53 Å². The first-order valence-electron chi connectivity index (χ1n) is 11.7. The molecule has 6 heteroatoms. The van der Waals surface area contributed by atoms with E-state index in [1.807, 2.05) is 54.6 Å². The first kappa shape index (κ1) is 22.1. The number of nitriles is 1. The molecule has 0 radical (unpaired) electrons. The van der Waals surface area contributed by atoms with Crippen LogP contribution in [0.25, 0.3) is 22.2 Å². The highest BCUT2D eigenvalue weighted by Gasteiger charge is 2.23. The second-order valence-electron chi connectivity index (χ2n) is 8.43. The molecule has 5 nitrogen and oxygen atoms in total. The van der Waals surface area contributed by atoms with E-state index in [-0.39, 0.29) is 5.91 Å². The van der Waals surface area contributed by atoms with Gasteiger partial charge in [0.15, 0.2) is 0 Å². The molecule has 170 valence electrons. The Labute approximate surface area is 203 Å². The van der Waals surface area contributed by atoms with E-state index >= 15 is 0 Å². The summed E-state index contributed by atoms with van der Waals surface area (Å²) in [4.78, 5) is 19.6. The van der Waals surface area contributed by atoms with Gasteiger partial charge in [-0.3, -0.25) is 4.79 Å². The number of aromatic nitrogens is 1.